The Morgan fingerprint density at radius 3 is 2.22 bits per heavy atom. The number of hydrogen-bond acceptors (Lipinski definition) is 3. The highest BCUT2D eigenvalue weighted by Gasteiger charge is 2.07. The van der Waals surface area contributed by atoms with Gasteiger partial charge in [0.05, 0.1) is 10.2 Å². The number of thiazole rings is 1. The van der Waals surface area contributed by atoms with E-state index in [-0.39, 0.29) is 6.03 Å². The number of carbonyl (C=O) groups is 1. The third-order valence-electron chi connectivity index (χ3n) is 4.16. The predicted molar refractivity (Wildman–Crippen MR) is 114 cm³/mol. The van der Waals surface area contributed by atoms with Crippen molar-refractivity contribution in [2.24, 2.45) is 0 Å². The summed E-state index contributed by atoms with van der Waals surface area (Å²) in [5.41, 5.74) is 5.80. The molecule has 0 aliphatic heterocycles. The van der Waals surface area contributed by atoms with Gasteiger partial charge in [0, 0.05) is 16.9 Å². The van der Waals surface area contributed by atoms with Crippen LogP contribution < -0.4 is 10.6 Å². The van der Waals surface area contributed by atoms with Crippen molar-refractivity contribution in [3.63, 3.8) is 0 Å². The molecule has 0 radical (unpaired) electrons. The maximum atomic E-state index is 12.2. The van der Waals surface area contributed by atoms with Gasteiger partial charge in [-0.05, 0) is 73.5 Å². The molecule has 4 aromatic rings. The van der Waals surface area contributed by atoms with Gasteiger partial charge in [-0.3, -0.25) is 0 Å². The van der Waals surface area contributed by atoms with Crippen LogP contribution in [0.15, 0.2) is 66.7 Å². The third-order valence-corrected chi connectivity index (χ3v) is 5.25. The van der Waals surface area contributed by atoms with E-state index in [0.29, 0.717) is 0 Å². The summed E-state index contributed by atoms with van der Waals surface area (Å²) in [6, 6.07) is 21.5. The smallest absolute Gasteiger partial charge is 0.308 e. The molecule has 1 heterocycles. The molecule has 0 bridgehead atoms. The van der Waals surface area contributed by atoms with E-state index in [4.69, 9.17) is 0 Å². The molecule has 0 saturated heterocycles. The van der Waals surface area contributed by atoms with Crippen molar-refractivity contribution in [3.8, 4) is 10.6 Å². The Bertz CT molecular complexity index is 1060. The molecule has 2 amide bonds. The van der Waals surface area contributed by atoms with E-state index in [9.17, 15) is 4.79 Å². The zero-order valence-electron chi connectivity index (χ0n) is 15.1. The second-order valence-corrected chi connectivity index (χ2v) is 7.55. The Balaban J connectivity index is 1.46. The van der Waals surface area contributed by atoms with Gasteiger partial charge in [-0.2, -0.15) is 0 Å². The summed E-state index contributed by atoms with van der Waals surface area (Å²) in [5, 5.41) is 6.72. The van der Waals surface area contributed by atoms with Crippen LogP contribution in [0.3, 0.4) is 0 Å². The quantitative estimate of drug-likeness (QED) is 0.447. The van der Waals surface area contributed by atoms with Gasteiger partial charge < -0.3 is 10.6 Å². The summed E-state index contributed by atoms with van der Waals surface area (Å²) in [6.07, 6.45) is 0. The normalized spacial score (nSPS) is 10.7. The van der Waals surface area contributed by atoms with Gasteiger partial charge in [-0.25, -0.2) is 9.78 Å². The number of hydrogen-bond donors (Lipinski definition) is 2. The molecule has 1 aromatic heterocycles. The third kappa shape index (κ3) is 3.99. The Labute approximate surface area is 161 Å². The van der Waals surface area contributed by atoms with E-state index < -0.39 is 0 Å². The maximum absolute atomic E-state index is 12.2. The number of anilines is 2. The SMILES string of the molecule is Cc1cc(C)cc(NC(=O)Nc2ccc(-c3nc4ccccc4s3)cc2)c1. The number of aromatic nitrogens is 1. The first-order valence-corrected chi connectivity index (χ1v) is 9.51. The highest BCUT2D eigenvalue weighted by Crippen LogP contribution is 2.30. The topological polar surface area (TPSA) is 54.0 Å². The zero-order valence-corrected chi connectivity index (χ0v) is 15.9. The molecule has 0 aliphatic rings. The van der Waals surface area contributed by atoms with Crippen LogP contribution in [0.4, 0.5) is 16.2 Å². The summed E-state index contributed by atoms with van der Waals surface area (Å²) in [7, 11) is 0. The molecular weight excluding hydrogens is 354 g/mol. The van der Waals surface area contributed by atoms with Gasteiger partial charge in [-0.1, -0.05) is 18.2 Å². The first-order valence-electron chi connectivity index (χ1n) is 8.69. The number of para-hydroxylation sites is 1. The zero-order chi connectivity index (χ0) is 18.8. The number of urea groups is 1. The van der Waals surface area contributed by atoms with Crippen LogP contribution >= 0.6 is 11.3 Å². The lowest BCUT2D eigenvalue weighted by Gasteiger charge is -2.09. The molecule has 0 spiro atoms. The van der Waals surface area contributed by atoms with Crippen LogP contribution in [0.5, 0.6) is 0 Å². The minimum Gasteiger partial charge on any atom is -0.308 e. The van der Waals surface area contributed by atoms with Crippen molar-refractivity contribution in [1.29, 1.82) is 0 Å². The van der Waals surface area contributed by atoms with Crippen molar-refractivity contribution in [2.45, 2.75) is 13.8 Å². The summed E-state index contributed by atoms with van der Waals surface area (Å²) in [5.74, 6) is 0. The van der Waals surface area contributed by atoms with Crippen LogP contribution in [0.2, 0.25) is 0 Å². The molecule has 0 fully saturated rings. The van der Waals surface area contributed by atoms with Crippen molar-refractivity contribution in [3.05, 3.63) is 77.9 Å². The van der Waals surface area contributed by atoms with Crippen LogP contribution in [-0.4, -0.2) is 11.0 Å². The highest BCUT2D eigenvalue weighted by atomic mass is 32.1. The Hall–Kier alpha value is -3.18. The first kappa shape index (κ1) is 17.2. The van der Waals surface area contributed by atoms with Gasteiger partial charge in [-0.15, -0.1) is 11.3 Å². The monoisotopic (exact) mass is 373 g/mol. The fourth-order valence-electron chi connectivity index (χ4n) is 3.03. The van der Waals surface area contributed by atoms with Gasteiger partial charge in [0.1, 0.15) is 5.01 Å². The number of fused-ring (bicyclic) bond motifs is 1. The van der Waals surface area contributed by atoms with E-state index in [1.807, 2.05) is 68.4 Å². The molecule has 4 nitrogen and oxygen atoms in total. The van der Waals surface area contributed by atoms with Crippen molar-refractivity contribution in [1.82, 2.24) is 4.98 Å². The van der Waals surface area contributed by atoms with Gasteiger partial charge in [0.25, 0.3) is 0 Å². The summed E-state index contributed by atoms with van der Waals surface area (Å²) in [4.78, 5) is 16.9. The average molecular weight is 373 g/mol. The molecule has 0 unspecified atom stereocenters. The first-order chi connectivity index (χ1) is 13.1. The second-order valence-electron chi connectivity index (χ2n) is 6.52. The molecule has 134 valence electrons. The molecule has 0 atom stereocenters. The van der Waals surface area contributed by atoms with Crippen molar-refractivity contribution < 1.29 is 4.79 Å². The molecule has 3 aromatic carbocycles. The summed E-state index contributed by atoms with van der Waals surface area (Å²) >= 11 is 1.66. The molecule has 0 aliphatic carbocycles. The maximum Gasteiger partial charge on any atom is 0.323 e. The highest BCUT2D eigenvalue weighted by molar-refractivity contribution is 7.21. The fourth-order valence-corrected chi connectivity index (χ4v) is 4.00. The standard InChI is InChI=1S/C22H19N3OS/c1-14-11-15(2)13-18(12-14)24-22(26)23-17-9-7-16(8-10-17)21-25-19-5-3-4-6-20(19)27-21/h3-13H,1-2H3,(H2,23,24,26). The minimum atomic E-state index is -0.257. The molecule has 5 heteroatoms. The largest absolute Gasteiger partial charge is 0.323 e. The van der Waals surface area contributed by atoms with Crippen molar-refractivity contribution in [2.75, 3.05) is 10.6 Å². The van der Waals surface area contributed by atoms with Crippen LogP contribution in [0, 0.1) is 13.8 Å². The number of rotatable bonds is 3. The number of carbonyl (C=O) groups excluding carboxylic acids is 1. The van der Waals surface area contributed by atoms with E-state index in [1.54, 1.807) is 11.3 Å². The van der Waals surface area contributed by atoms with Crippen LogP contribution in [0.25, 0.3) is 20.8 Å². The van der Waals surface area contributed by atoms with Crippen LogP contribution in [0.1, 0.15) is 11.1 Å². The molecular formula is C22H19N3OS. The Morgan fingerprint density at radius 2 is 1.52 bits per heavy atom. The minimum absolute atomic E-state index is 0.257. The number of benzene rings is 3. The van der Waals surface area contributed by atoms with Crippen LogP contribution in [-0.2, 0) is 0 Å². The number of amides is 2. The molecule has 0 saturated carbocycles. The summed E-state index contributed by atoms with van der Waals surface area (Å²) in [6.45, 7) is 4.02. The van der Waals surface area contributed by atoms with Gasteiger partial charge in [0.2, 0.25) is 0 Å². The summed E-state index contributed by atoms with van der Waals surface area (Å²) < 4.78 is 1.17. The predicted octanol–water partition coefficient (Wildman–Crippen LogP) is 6.22. The fraction of sp³-hybridized carbons (Fsp3) is 0.0909. The lowest BCUT2D eigenvalue weighted by molar-refractivity contribution is 0.262. The van der Waals surface area contributed by atoms with E-state index >= 15 is 0 Å². The Morgan fingerprint density at radius 1 is 0.852 bits per heavy atom. The van der Waals surface area contributed by atoms with E-state index in [0.717, 1.165) is 38.6 Å². The Kier molecular flexibility index (Phi) is 4.60. The van der Waals surface area contributed by atoms with Gasteiger partial charge >= 0.3 is 6.03 Å². The molecule has 2 N–H and O–H groups in total. The van der Waals surface area contributed by atoms with E-state index in [2.05, 4.69) is 27.8 Å². The second kappa shape index (κ2) is 7.21. The molecule has 27 heavy (non-hydrogen) atoms. The number of nitrogens with one attached hydrogen (secondary N) is 2. The van der Waals surface area contributed by atoms with E-state index in [1.165, 1.54) is 4.70 Å². The number of aryl methyl sites for hydroxylation is 2. The molecule has 4 rings (SSSR count). The number of nitrogens with zero attached hydrogens (tertiary/aromatic N) is 1. The average Bonchev–Trinajstić information content (AvgIpc) is 3.05. The van der Waals surface area contributed by atoms with Crippen molar-refractivity contribution >= 4 is 39.0 Å². The lowest BCUT2D eigenvalue weighted by atomic mass is 10.1. The van der Waals surface area contributed by atoms with Gasteiger partial charge in [0.15, 0.2) is 0 Å². The lowest BCUT2D eigenvalue weighted by Crippen LogP contribution is -2.19.